The molecule has 0 radical (unpaired) electrons. The third kappa shape index (κ3) is 2.06. The van der Waals surface area contributed by atoms with Gasteiger partial charge in [-0.1, -0.05) is 42.4 Å². The maximum atomic E-state index is 12.2. The van der Waals surface area contributed by atoms with Crippen LogP contribution in [0.25, 0.3) is 33.1 Å². The molecule has 0 aliphatic rings. The summed E-state index contributed by atoms with van der Waals surface area (Å²) >= 11 is 0. The molecule has 4 aromatic rings. The van der Waals surface area contributed by atoms with Crippen LogP contribution in [0.2, 0.25) is 0 Å². The molecule has 0 saturated heterocycles. The first kappa shape index (κ1) is 13.8. The Bertz CT molecular complexity index is 1070. The summed E-state index contributed by atoms with van der Waals surface area (Å²) in [6.45, 7) is 3.94. The Balaban J connectivity index is 2.11. The maximum Gasteiger partial charge on any atom is 0.349 e. The fourth-order valence-corrected chi connectivity index (χ4v) is 2.98. The van der Waals surface area contributed by atoms with E-state index in [2.05, 4.69) is 17.3 Å². The minimum absolute atomic E-state index is 0.391. The van der Waals surface area contributed by atoms with Crippen LogP contribution in [0.3, 0.4) is 0 Å². The molecule has 0 atom stereocenters. The average Bonchev–Trinajstić information content (AvgIpc) is 3.00. The van der Waals surface area contributed by atoms with Gasteiger partial charge >= 0.3 is 5.63 Å². The molecule has 4 nitrogen and oxygen atoms in total. The zero-order valence-corrected chi connectivity index (χ0v) is 12.9. The molecule has 0 amide bonds. The second-order valence-electron chi connectivity index (χ2n) is 5.61. The highest BCUT2D eigenvalue weighted by Crippen LogP contribution is 2.32. The van der Waals surface area contributed by atoms with Crippen LogP contribution in [-0.2, 0) is 6.42 Å². The summed E-state index contributed by atoms with van der Waals surface area (Å²) in [5.41, 5.74) is 4.52. The summed E-state index contributed by atoms with van der Waals surface area (Å²) in [7, 11) is 0. The maximum absolute atomic E-state index is 12.2. The second-order valence-corrected chi connectivity index (χ2v) is 5.61. The van der Waals surface area contributed by atoms with Gasteiger partial charge < -0.3 is 8.94 Å². The van der Waals surface area contributed by atoms with Crippen molar-refractivity contribution in [1.29, 1.82) is 0 Å². The molecular weight excluding hydrogens is 290 g/mol. The zero-order chi connectivity index (χ0) is 16.0. The van der Waals surface area contributed by atoms with Gasteiger partial charge in [-0.15, -0.1) is 0 Å². The molecule has 0 saturated carbocycles. The Hall–Kier alpha value is -2.88. The van der Waals surface area contributed by atoms with Crippen molar-refractivity contribution in [2.75, 3.05) is 0 Å². The van der Waals surface area contributed by atoms with E-state index < -0.39 is 5.63 Å². The molecule has 0 aliphatic carbocycles. The molecule has 23 heavy (non-hydrogen) atoms. The van der Waals surface area contributed by atoms with Gasteiger partial charge in [0.1, 0.15) is 11.0 Å². The van der Waals surface area contributed by atoms with E-state index in [4.69, 9.17) is 8.94 Å². The number of aryl methyl sites for hydroxylation is 2. The molecule has 0 bridgehead atoms. The van der Waals surface area contributed by atoms with Crippen molar-refractivity contribution in [3.8, 4) is 11.1 Å². The largest absolute Gasteiger partial charge is 0.422 e. The smallest absolute Gasteiger partial charge is 0.349 e. The van der Waals surface area contributed by atoms with Gasteiger partial charge in [0.15, 0.2) is 5.58 Å². The molecule has 4 rings (SSSR count). The van der Waals surface area contributed by atoms with Gasteiger partial charge in [-0.05, 0) is 42.2 Å². The van der Waals surface area contributed by atoms with Crippen molar-refractivity contribution in [3.63, 3.8) is 0 Å². The normalized spacial score (nSPS) is 11.4. The molecular formula is C19H15NO3. The van der Waals surface area contributed by atoms with Crippen LogP contribution in [0.15, 0.2) is 56.2 Å². The molecule has 4 heteroatoms. The number of fused-ring (bicyclic) bond motifs is 3. The standard InChI is InChI=1S/C19H15NO3/c1-3-15-17-18(23-20-15)14-10-13(12-7-5-4-6-8-12)11(2)9-16(14)22-19(17)21/h4-10H,3H2,1-2H3. The monoisotopic (exact) mass is 305 g/mol. The van der Waals surface area contributed by atoms with E-state index in [1.165, 1.54) is 0 Å². The average molecular weight is 305 g/mol. The third-order valence-electron chi connectivity index (χ3n) is 4.16. The van der Waals surface area contributed by atoms with E-state index in [0.29, 0.717) is 28.7 Å². The molecule has 2 heterocycles. The quantitative estimate of drug-likeness (QED) is 0.513. The van der Waals surface area contributed by atoms with Crippen LogP contribution in [0.1, 0.15) is 18.2 Å². The molecule has 0 N–H and O–H groups in total. The van der Waals surface area contributed by atoms with Gasteiger partial charge in [-0.3, -0.25) is 0 Å². The van der Waals surface area contributed by atoms with Gasteiger partial charge in [0.25, 0.3) is 0 Å². The minimum atomic E-state index is -0.391. The van der Waals surface area contributed by atoms with Gasteiger partial charge in [0, 0.05) is 0 Å². The number of hydrogen-bond acceptors (Lipinski definition) is 4. The van der Waals surface area contributed by atoms with Crippen LogP contribution in [0, 0.1) is 6.92 Å². The Labute approximate surface area is 132 Å². The number of hydrogen-bond donors (Lipinski definition) is 0. The predicted octanol–water partition coefficient (Wildman–Crippen LogP) is 4.47. The Morgan fingerprint density at radius 3 is 2.65 bits per heavy atom. The molecule has 0 aliphatic heterocycles. The Morgan fingerprint density at radius 1 is 1.13 bits per heavy atom. The summed E-state index contributed by atoms with van der Waals surface area (Å²) in [6.07, 6.45) is 0.626. The van der Waals surface area contributed by atoms with Crippen molar-refractivity contribution >= 4 is 21.9 Å². The van der Waals surface area contributed by atoms with Crippen molar-refractivity contribution in [3.05, 3.63) is 64.1 Å². The van der Waals surface area contributed by atoms with E-state index in [1.807, 2.05) is 44.2 Å². The lowest BCUT2D eigenvalue weighted by Crippen LogP contribution is -2.01. The topological polar surface area (TPSA) is 56.2 Å². The van der Waals surface area contributed by atoms with Gasteiger partial charge in [0.05, 0.1) is 11.1 Å². The minimum Gasteiger partial charge on any atom is -0.422 e. The van der Waals surface area contributed by atoms with Crippen LogP contribution in [0.5, 0.6) is 0 Å². The van der Waals surface area contributed by atoms with Crippen molar-refractivity contribution in [2.24, 2.45) is 0 Å². The van der Waals surface area contributed by atoms with Crippen molar-refractivity contribution in [2.45, 2.75) is 20.3 Å². The van der Waals surface area contributed by atoms with Crippen LogP contribution < -0.4 is 5.63 Å². The fraction of sp³-hybridized carbons (Fsp3) is 0.158. The summed E-state index contributed by atoms with van der Waals surface area (Å²) in [4.78, 5) is 12.2. The predicted molar refractivity (Wildman–Crippen MR) is 89.6 cm³/mol. The molecule has 0 spiro atoms. The Morgan fingerprint density at radius 2 is 1.91 bits per heavy atom. The molecule has 0 unspecified atom stereocenters. The molecule has 2 aromatic carbocycles. The highest BCUT2D eigenvalue weighted by molar-refractivity contribution is 6.03. The van der Waals surface area contributed by atoms with Crippen molar-refractivity contribution < 1.29 is 8.94 Å². The Kier molecular flexibility index (Phi) is 3.05. The number of aromatic nitrogens is 1. The number of nitrogens with zero attached hydrogens (tertiary/aromatic N) is 1. The number of rotatable bonds is 2. The highest BCUT2D eigenvalue weighted by atomic mass is 16.5. The summed E-state index contributed by atoms with van der Waals surface area (Å²) in [5, 5.41) is 5.24. The molecule has 2 aromatic heterocycles. The van der Waals surface area contributed by atoms with E-state index in [-0.39, 0.29) is 0 Å². The lowest BCUT2D eigenvalue weighted by atomic mass is 9.98. The van der Waals surface area contributed by atoms with Crippen LogP contribution >= 0.6 is 0 Å². The van der Waals surface area contributed by atoms with E-state index in [0.717, 1.165) is 22.1 Å². The van der Waals surface area contributed by atoms with Crippen LogP contribution in [0.4, 0.5) is 0 Å². The zero-order valence-electron chi connectivity index (χ0n) is 12.9. The third-order valence-corrected chi connectivity index (χ3v) is 4.16. The molecule has 0 fully saturated rings. The first-order valence-corrected chi connectivity index (χ1v) is 7.60. The number of benzene rings is 2. The van der Waals surface area contributed by atoms with Crippen LogP contribution in [-0.4, -0.2) is 5.16 Å². The van der Waals surface area contributed by atoms with E-state index in [9.17, 15) is 4.79 Å². The lowest BCUT2D eigenvalue weighted by Gasteiger charge is -2.08. The van der Waals surface area contributed by atoms with E-state index >= 15 is 0 Å². The van der Waals surface area contributed by atoms with Gasteiger partial charge in [0.2, 0.25) is 0 Å². The SMILES string of the molecule is CCc1noc2c1c(=O)oc1cc(C)c(-c3ccccc3)cc12. The summed E-state index contributed by atoms with van der Waals surface area (Å²) in [5.74, 6) is 0. The van der Waals surface area contributed by atoms with Crippen molar-refractivity contribution in [1.82, 2.24) is 5.16 Å². The fourth-order valence-electron chi connectivity index (χ4n) is 2.98. The first-order chi connectivity index (χ1) is 11.2. The molecule has 114 valence electrons. The van der Waals surface area contributed by atoms with E-state index in [1.54, 1.807) is 0 Å². The van der Waals surface area contributed by atoms with Gasteiger partial charge in [-0.25, -0.2) is 4.79 Å². The summed E-state index contributed by atoms with van der Waals surface area (Å²) < 4.78 is 10.9. The lowest BCUT2D eigenvalue weighted by molar-refractivity contribution is 0.448. The first-order valence-electron chi connectivity index (χ1n) is 7.60. The highest BCUT2D eigenvalue weighted by Gasteiger charge is 2.17. The van der Waals surface area contributed by atoms with Gasteiger partial charge in [-0.2, -0.15) is 0 Å². The second kappa shape index (κ2) is 5.09. The summed E-state index contributed by atoms with van der Waals surface area (Å²) in [6, 6.07) is 14.0.